The third-order valence-corrected chi connectivity index (χ3v) is 9.30. The monoisotopic (exact) mass is 519 g/mol. The standard InChI is InChI=1S/C29H37N5O4/c1-20-5-3-7-23(21(20)2)31-14-16-32(17-15-31)25(35)19-34-24-8-4-6-22(24)26(30-34)27(36)33-12-9-29(10-13-33)11-18-38-28(29)37/h3,5,7H,4,6,8-19H2,1-2H3. The van der Waals surface area contributed by atoms with Crippen LogP contribution in [-0.4, -0.2) is 83.2 Å². The molecule has 9 heteroatoms. The number of hydrogen-bond acceptors (Lipinski definition) is 6. The van der Waals surface area contributed by atoms with Gasteiger partial charge in [0, 0.05) is 56.2 Å². The fourth-order valence-corrected chi connectivity index (χ4v) is 6.65. The second-order valence-corrected chi connectivity index (χ2v) is 11.3. The number of esters is 1. The molecule has 0 unspecified atom stereocenters. The van der Waals surface area contributed by atoms with E-state index in [-0.39, 0.29) is 24.3 Å². The molecule has 0 N–H and O–H groups in total. The summed E-state index contributed by atoms with van der Waals surface area (Å²) in [5.74, 6) is -0.123. The van der Waals surface area contributed by atoms with Crippen molar-refractivity contribution >= 4 is 23.5 Å². The van der Waals surface area contributed by atoms with Gasteiger partial charge in [-0.25, -0.2) is 0 Å². The molecule has 1 aromatic heterocycles. The minimum atomic E-state index is -0.410. The second-order valence-electron chi connectivity index (χ2n) is 11.3. The van der Waals surface area contributed by atoms with Crippen LogP contribution in [0.15, 0.2) is 18.2 Å². The van der Waals surface area contributed by atoms with Crippen molar-refractivity contribution in [2.75, 3.05) is 50.8 Å². The Balaban J connectivity index is 1.10. The molecule has 3 fully saturated rings. The topological polar surface area (TPSA) is 88.0 Å². The summed E-state index contributed by atoms with van der Waals surface area (Å²) in [5.41, 5.74) is 5.94. The highest BCUT2D eigenvalue weighted by molar-refractivity contribution is 5.94. The van der Waals surface area contributed by atoms with Gasteiger partial charge in [0.15, 0.2) is 5.69 Å². The first-order chi connectivity index (χ1) is 18.4. The van der Waals surface area contributed by atoms with Gasteiger partial charge in [0.05, 0.1) is 12.0 Å². The number of ether oxygens (including phenoxy) is 1. The maximum atomic E-state index is 13.5. The lowest BCUT2D eigenvalue weighted by Crippen LogP contribution is -2.50. The van der Waals surface area contributed by atoms with Crippen LogP contribution in [-0.2, 0) is 33.7 Å². The minimum absolute atomic E-state index is 0.0569. The zero-order chi connectivity index (χ0) is 26.4. The zero-order valence-electron chi connectivity index (χ0n) is 22.5. The van der Waals surface area contributed by atoms with Crippen LogP contribution in [0.5, 0.6) is 0 Å². The molecule has 1 aromatic carbocycles. The fourth-order valence-electron chi connectivity index (χ4n) is 6.65. The lowest BCUT2D eigenvalue weighted by atomic mass is 9.77. The van der Waals surface area contributed by atoms with Gasteiger partial charge in [0.2, 0.25) is 5.91 Å². The Morgan fingerprint density at radius 1 is 0.974 bits per heavy atom. The van der Waals surface area contributed by atoms with Crippen molar-refractivity contribution in [1.82, 2.24) is 19.6 Å². The molecule has 4 aliphatic rings. The fraction of sp³-hybridized carbons (Fsp3) is 0.586. The van der Waals surface area contributed by atoms with E-state index < -0.39 is 5.41 Å². The maximum Gasteiger partial charge on any atom is 0.312 e. The Morgan fingerprint density at radius 3 is 2.45 bits per heavy atom. The third kappa shape index (κ3) is 4.25. The Bertz CT molecular complexity index is 1270. The number of piperidine rings is 1. The third-order valence-electron chi connectivity index (χ3n) is 9.30. The highest BCUT2D eigenvalue weighted by atomic mass is 16.5. The number of carbonyl (C=O) groups is 3. The minimum Gasteiger partial charge on any atom is -0.465 e. The average molecular weight is 520 g/mol. The van der Waals surface area contributed by atoms with Gasteiger partial charge in [-0.15, -0.1) is 0 Å². The summed E-state index contributed by atoms with van der Waals surface area (Å²) in [4.78, 5) is 45.1. The van der Waals surface area contributed by atoms with Crippen molar-refractivity contribution in [3.63, 3.8) is 0 Å². The van der Waals surface area contributed by atoms with E-state index in [0.29, 0.717) is 51.3 Å². The van der Waals surface area contributed by atoms with Gasteiger partial charge in [-0.3, -0.25) is 19.1 Å². The van der Waals surface area contributed by atoms with Crippen LogP contribution < -0.4 is 4.90 Å². The molecule has 1 aliphatic carbocycles. The first kappa shape index (κ1) is 24.9. The van der Waals surface area contributed by atoms with Crippen molar-refractivity contribution < 1.29 is 19.1 Å². The Kier molecular flexibility index (Phi) is 6.40. The van der Waals surface area contributed by atoms with E-state index in [2.05, 4.69) is 36.9 Å². The number of likely N-dealkylation sites (tertiary alicyclic amines) is 1. The van der Waals surface area contributed by atoms with Gasteiger partial charge in [-0.2, -0.15) is 5.10 Å². The number of benzene rings is 1. The Labute approximate surface area is 223 Å². The Hall–Kier alpha value is -3.36. The van der Waals surface area contributed by atoms with Gasteiger partial charge in [-0.05, 0) is 69.6 Å². The van der Waals surface area contributed by atoms with Gasteiger partial charge in [0.25, 0.3) is 5.91 Å². The molecule has 3 saturated heterocycles. The molecular formula is C29H37N5O4. The quantitative estimate of drug-likeness (QED) is 0.577. The van der Waals surface area contributed by atoms with Gasteiger partial charge in [-0.1, -0.05) is 12.1 Å². The van der Waals surface area contributed by atoms with Crippen LogP contribution in [0.4, 0.5) is 5.69 Å². The number of cyclic esters (lactones) is 1. The molecule has 1 spiro atoms. The lowest BCUT2D eigenvalue weighted by molar-refractivity contribution is -0.148. The van der Waals surface area contributed by atoms with Crippen molar-refractivity contribution in [3.05, 3.63) is 46.3 Å². The van der Waals surface area contributed by atoms with E-state index in [4.69, 9.17) is 9.84 Å². The number of amides is 2. The summed E-state index contributed by atoms with van der Waals surface area (Å²) < 4.78 is 7.01. The van der Waals surface area contributed by atoms with Crippen molar-refractivity contribution in [2.45, 2.75) is 58.9 Å². The van der Waals surface area contributed by atoms with E-state index in [1.807, 2.05) is 9.80 Å². The van der Waals surface area contributed by atoms with Crippen LogP contribution >= 0.6 is 0 Å². The predicted octanol–water partition coefficient (Wildman–Crippen LogP) is 2.51. The van der Waals surface area contributed by atoms with E-state index in [9.17, 15) is 14.4 Å². The van der Waals surface area contributed by atoms with Crippen LogP contribution in [0.25, 0.3) is 0 Å². The Morgan fingerprint density at radius 2 is 1.74 bits per heavy atom. The van der Waals surface area contributed by atoms with Gasteiger partial charge in [0.1, 0.15) is 6.54 Å². The molecule has 0 radical (unpaired) electrons. The van der Waals surface area contributed by atoms with E-state index in [0.717, 1.165) is 50.0 Å². The SMILES string of the molecule is Cc1cccc(N2CCN(C(=O)Cn3nc(C(=O)N4CCC5(CCOC5=O)CC4)c4c3CCC4)CC2)c1C. The first-order valence-electron chi connectivity index (χ1n) is 14.0. The number of hydrogen-bond donors (Lipinski definition) is 0. The predicted molar refractivity (Wildman–Crippen MR) is 142 cm³/mol. The maximum absolute atomic E-state index is 13.5. The summed E-state index contributed by atoms with van der Waals surface area (Å²) in [5, 5.41) is 4.71. The van der Waals surface area contributed by atoms with Crippen molar-refractivity contribution in [2.24, 2.45) is 5.41 Å². The molecule has 2 amide bonds. The van der Waals surface area contributed by atoms with Crippen LogP contribution in [0.1, 0.15) is 58.6 Å². The molecule has 9 nitrogen and oxygen atoms in total. The highest BCUT2D eigenvalue weighted by Gasteiger charge is 2.47. The van der Waals surface area contributed by atoms with Crippen LogP contribution in [0, 0.1) is 19.3 Å². The van der Waals surface area contributed by atoms with Crippen LogP contribution in [0.2, 0.25) is 0 Å². The lowest BCUT2D eigenvalue weighted by Gasteiger charge is -2.37. The van der Waals surface area contributed by atoms with Gasteiger partial charge < -0.3 is 19.4 Å². The molecule has 0 saturated carbocycles. The zero-order valence-corrected chi connectivity index (χ0v) is 22.5. The van der Waals surface area contributed by atoms with Crippen molar-refractivity contribution in [1.29, 1.82) is 0 Å². The molecule has 202 valence electrons. The van der Waals surface area contributed by atoms with E-state index in [1.54, 1.807) is 4.68 Å². The summed E-state index contributed by atoms with van der Waals surface area (Å²) in [7, 11) is 0. The number of fused-ring (bicyclic) bond motifs is 1. The molecule has 3 aliphatic heterocycles. The highest BCUT2D eigenvalue weighted by Crippen LogP contribution is 2.40. The number of aromatic nitrogens is 2. The summed E-state index contributed by atoms with van der Waals surface area (Å²) in [6, 6.07) is 6.39. The molecule has 4 heterocycles. The number of rotatable bonds is 4. The number of anilines is 1. The number of nitrogens with zero attached hydrogens (tertiary/aromatic N) is 5. The molecule has 0 atom stereocenters. The number of aryl methyl sites for hydroxylation is 1. The average Bonchev–Trinajstić information content (AvgIpc) is 3.63. The normalized spacial score (nSPS) is 20.7. The largest absolute Gasteiger partial charge is 0.465 e. The van der Waals surface area contributed by atoms with Crippen LogP contribution in [0.3, 0.4) is 0 Å². The van der Waals surface area contributed by atoms with E-state index in [1.165, 1.54) is 16.8 Å². The second kappa shape index (κ2) is 9.75. The number of piperazine rings is 1. The summed E-state index contributed by atoms with van der Waals surface area (Å²) >= 11 is 0. The number of carbonyl (C=O) groups excluding carboxylic acids is 3. The molecule has 0 bridgehead atoms. The summed E-state index contributed by atoms with van der Waals surface area (Å²) in [6.45, 7) is 9.00. The smallest absolute Gasteiger partial charge is 0.312 e. The first-order valence-corrected chi connectivity index (χ1v) is 14.0. The van der Waals surface area contributed by atoms with Crippen molar-refractivity contribution in [3.8, 4) is 0 Å². The molecule has 2 aromatic rings. The molecule has 38 heavy (non-hydrogen) atoms. The summed E-state index contributed by atoms with van der Waals surface area (Å²) in [6.07, 6.45) is 4.69. The molecular weight excluding hydrogens is 482 g/mol. The van der Waals surface area contributed by atoms with E-state index >= 15 is 0 Å². The molecule has 6 rings (SSSR count). The van der Waals surface area contributed by atoms with Gasteiger partial charge >= 0.3 is 5.97 Å².